The lowest BCUT2D eigenvalue weighted by Crippen LogP contribution is -2.56. The summed E-state index contributed by atoms with van der Waals surface area (Å²) in [5, 5.41) is 15.4. The van der Waals surface area contributed by atoms with Crippen LogP contribution >= 0.6 is 0 Å². The number of carbonyl (C=O) groups is 2. The summed E-state index contributed by atoms with van der Waals surface area (Å²) in [4.78, 5) is 23.8. The van der Waals surface area contributed by atoms with Gasteiger partial charge in [-0.1, -0.05) is 0 Å². The van der Waals surface area contributed by atoms with Gasteiger partial charge in [-0.3, -0.25) is 4.79 Å². The number of nitrogens with zero attached hydrogens (tertiary/aromatic N) is 1. The number of carbonyl (C=O) groups excluding carboxylic acids is 1. The van der Waals surface area contributed by atoms with E-state index in [9.17, 15) is 9.59 Å². The Balaban J connectivity index is 2.33. The van der Waals surface area contributed by atoms with Gasteiger partial charge >= 0.3 is 12.1 Å². The predicted molar refractivity (Wildman–Crippen MR) is 70.1 cm³/mol. The van der Waals surface area contributed by atoms with Crippen LogP contribution in [0.5, 0.6) is 0 Å². The van der Waals surface area contributed by atoms with Gasteiger partial charge in [0.2, 0.25) is 0 Å². The lowest BCUT2D eigenvalue weighted by atomic mass is 9.93. The maximum Gasteiger partial charge on any atom is 0.407 e. The van der Waals surface area contributed by atoms with Gasteiger partial charge in [0.05, 0.1) is 12.5 Å². The van der Waals surface area contributed by atoms with Crippen LogP contribution in [0.3, 0.4) is 0 Å². The molecule has 1 saturated heterocycles. The van der Waals surface area contributed by atoms with E-state index in [4.69, 9.17) is 9.84 Å². The van der Waals surface area contributed by atoms with E-state index in [0.717, 1.165) is 0 Å². The van der Waals surface area contributed by atoms with Crippen molar-refractivity contribution in [3.8, 4) is 0 Å². The fourth-order valence-corrected chi connectivity index (χ4v) is 2.04. The summed E-state index contributed by atoms with van der Waals surface area (Å²) in [5.74, 6) is -0.260. The minimum absolute atomic E-state index is 0.0679. The van der Waals surface area contributed by atoms with Crippen LogP contribution in [0.1, 0.15) is 13.8 Å². The van der Waals surface area contributed by atoms with Crippen LogP contribution in [0, 0.1) is 5.41 Å². The summed E-state index contributed by atoms with van der Waals surface area (Å²) < 4.78 is 4.73. The summed E-state index contributed by atoms with van der Waals surface area (Å²) in [6.07, 6.45) is -0.888. The molecule has 1 atom stereocenters. The van der Waals surface area contributed by atoms with Gasteiger partial charge in [-0.2, -0.15) is 0 Å². The number of methoxy groups -OCH3 is 1. The summed E-state index contributed by atoms with van der Waals surface area (Å²) >= 11 is 0. The van der Waals surface area contributed by atoms with Crippen molar-refractivity contribution in [2.45, 2.75) is 19.9 Å². The van der Waals surface area contributed by atoms with Gasteiger partial charge in [-0.25, -0.2) is 4.79 Å². The normalized spacial score (nSPS) is 20.2. The molecule has 1 heterocycles. The highest BCUT2D eigenvalue weighted by Gasteiger charge is 2.29. The van der Waals surface area contributed by atoms with E-state index in [1.807, 2.05) is 13.8 Å². The third kappa shape index (κ3) is 4.68. The lowest BCUT2D eigenvalue weighted by Gasteiger charge is -2.32. The van der Waals surface area contributed by atoms with E-state index in [1.54, 1.807) is 0 Å². The molecule has 0 aromatic rings. The van der Waals surface area contributed by atoms with Crippen LogP contribution in [-0.4, -0.2) is 67.9 Å². The fraction of sp³-hybridized carbons (Fsp3) is 0.833. The van der Waals surface area contributed by atoms with Crippen molar-refractivity contribution in [1.82, 2.24) is 15.5 Å². The Morgan fingerprint density at radius 1 is 1.53 bits per heavy atom. The van der Waals surface area contributed by atoms with E-state index in [0.29, 0.717) is 32.7 Å². The number of hydrogen-bond acceptors (Lipinski definition) is 5. The zero-order chi connectivity index (χ0) is 14.5. The van der Waals surface area contributed by atoms with Crippen molar-refractivity contribution >= 4 is 12.1 Å². The first-order chi connectivity index (χ1) is 8.86. The second-order valence-corrected chi connectivity index (χ2v) is 5.39. The number of piperazine rings is 1. The van der Waals surface area contributed by atoms with Crippen molar-refractivity contribution < 1.29 is 19.4 Å². The van der Waals surface area contributed by atoms with Gasteiger partial charge in [0.1, 0.15) is 0 Å². The largest absolute Gasteiger partial charge is 0.469 e. The topological polar surface area (TPSA) is 90.9 Å². The predicted octanol–water partition coefficient (Wildman–Crippen LogP) is -0.273. The third-order valence-electron chi connectivity index (χ3n) is 3.22. The SMILES string of the molecule is COC(=O)C(C)(C)CNC[C@@H]1CN(C(=O)O)CCN1. The average molecular weight is 273 g/mol. The second kappa shape index (κ2) is 6.72. The first-order valence-electron chi connectivity index (χ1n) is 6.37. The molecule has 0 bridgehead atoms. The molecule has 0 aromatic heterocycles. The number of amides is 1. The number of esters is 1. The standard InChI is InChI=1S/C12H23N3O4/c1-12(2,10(16)19-3)8-13-6-9-7-15(11(17)18)5-4-14-9/h9,13-14H,4-8H2,1-3H3,(H,17,18)/t9-/m1/s1. The third-order valence-corrected chi connectivity index (χ3v) is 3.22. The zero-order valence-electron chi connectivity index (χ0n) is 11.7. The second-order valence-electron chi connectivity index (χ2n) is 5.39. The van der Waals surface area contributed by atoms with E-state index >= 15 is 0 Å². The summed E-state index contributed by atoms with van der Waals surface area (Å²) in [5.41, 5.74) is -0.587. The number of hydrogen-bond donors (Lipinski definition) is 3. The fourth-order valence-electron chi connectivity index (χ4n) is 2.04. The summed E-state index contributed by atoms with van der Waals surface area (Å²) in [7, 11) is 1.37. The smallest absolute Gasteiger partial charge is 0.407 e. The zero-order valence-corrected chi connectivity index (χ0v) is 11.7. The van der Waals surface area contributed by atoms with Gasteiger partial charge in [0, 0.05) is 38.8 Å². The number of rotatable bonds is 5. The van der Waals surface area contributed by atoms with Crippen molar-refractivity contribution in [2.75, 3.05) is 39.8 Å². The molecule has 110 valence electrons. The molecule has 19 heavy (non-hydrogen) atoms. The van der Waals surface area contributed by atoms with E-state index < -0.39 is 11.5 Å². The molecule has 0 saturated carbocycles. The van der Waals surface area contributed by atoms with Gasteiger partial charge < -0.3 is 25.4 Å². The molecule has 1 amide bonds. The van der Waals surface area contributed by atoms with Gasteiger partial charge in [-0.15, -0.1) is 0 Å². The molecule has 0 spiro atoms. The molecular formula is C12H23N3O4. The highest BCUT2D eigenvalue weighted by atomic mass is 16.5. The number of ether oxygens (including phenoxy) is 1. The number of carboxylic acid groups (broad SMARTS) is 1. The van der Waals surface area contributed by atoms with Gasteiger partial charge in [0.15, 0.2) is 0 Å². The maximum atomic E-state index is 11.5. The number of nitrogens with one attached hydrogen (secondary N) is 2. The van der Waals surface area contributed by atoms with Crippen molar-refractivity contribution in [2.24, 2.45) is 5.41 Å². The quantitative estimate of drug-likeness (QED) is 0.597. The van der Waals surface area contributed by atoms with Gasteiger partial charge in [0.25, 0.3) is 0 Å². The molecule has 1 aliphatic rings. The maximum absolute atomic E-state index is 11.5. The summed E-state index contributed by atoms with van der Waals surface area (Å²) in [6.45, 7) is 6.35. The van der Waals surface area contributed by atoms with Gasteiger partial charge in [-0.05, 0) is 13.8 Å². The van der Waals surface area contributed by atoms with Crippen LogP contribution < -0.4 is 10.6 Å². The van der Waals surface area contributed by atoms with E-state index in [1.165, 1.54) is 12.0 Å². The summed E-state index contributed by atoms with van der Waals surface area (Å²) in [6, 6.07) is 0.0679. The Morgan fingerprint density at radius 3 is 2.79 bits per heavy atom. The Kier molecular flexibility index (Phi) is 5.56. The molecule has 0 radical (unpaired) electrons. The average Bonchev–Trinajstić information content (AvgIpc) is 2.37. The van der Waals surface area contributed by atoms with Crippen LogP contribution in [-0.2, 0) is 9.53 Å². The van der Waals surface area contributed by atoms with Crippen LogP contribution in [0.4, 0.5) is 4.79 Å². The van der Waals surface area contributed by atoms with Crippen LogP contribution in [0.15, 0.2) is 0 Å². The van der Waals surface area contributed by atoms with E-state index in [-0.39, 0.29) is 12.0 Å². The molecule has 1 rings (SSSR count). The Morgan fingerprint density at radius 2 is 2.21 bits per heavy atom. The lowest BCUT2D eigenvalue weighted by molar-refractivity contribution is -0.150. The van der Waals surface area contributed by atoms with Crippen molar-refractivity contribution in [3.05, 3.63) is 0 Å². The molecular weight excluding hydrogens is 250 g/mol. The van der Waals surface area contributed by atoms with Crippen molar-refractivity contribution in [3.63, 3.8) is 0 Å². The van der Waals surface area contributed by atoms with Crippen molar-refractivity contribution in [1.29, 1.82) is 0 Å². The molecule has 0 aliphatic carbocycles. The minimum atomic E-state index is -0.888. The molecule has 3 N–H and O–H groups in total. The molecule has 1 aliphatic heterocycles. The highest BCUT2D eigenvalue weighted by molar-refractivity contribution is 5.76. The molecule has 7 nitrogen and oxygen atoms in total. The Labute approximate surface area is 113 Å². The highest BCUT2D eigenvalue weighted by Crippen LogP contribution is 2.15. The first-order valence-corrected chi connectivity index (χ1v) is 6.37. The Bertz CT molecular complexity index is 333. The molecule has 1 fully saturated rings. The minimum Gasteiger partial charge on any atom is -0.469 e. The molecule has 0 aromatic carbocycles. The first kappa shape index (κ1) is 15.7. The van der Waals surface area contributed by atoms with E-state index in [2.05, 4.69) is 10.6 Å². The monoisotopic (exact) mass is 273 g/mol. The molecule has 0 unspecified atom stereocenters. The van der Waals surface area contributed by atoms with Crippen LogP contribution in [0.25, 0.3) is 0 Å². The Hall–Kier alpha value is -1.34. The molecule has 7 heteroatoms. The van der Waals surface area contributed by atoms with Crippen LogP contribution in [0.2, 0.25) is 0 Å².